The fourth-order valence-corrected chi connectivity index (χ4v) is 2.64. The first-order valence-electron chi connectivity index (χ1n) is 7.17. The van der Waals surface area contributed by atoms with Crippen molar-refractivity contribution in [3.05, 3.63) is 6.20 Å². The van der Waals surface area contributed by atoms with E-state index in [2.05, 4.69) is 30.8 Å². The maximum absolute atomic E-state index is 10.1. The van der Waals surface area contributed by atoms with E-state index >= 15 is 0 Å². The van der Waals surface area contributed by atoms with Crippen molar-refractivity contribution < 1.29 is 5.11 Å². The first-order chi connectivity index (χ1) is 9.78. The highest BCUT2D eigenvalue weighted by atomic mass is 16.3. The van der Waals surface area contributed by atoms with Crippen LogP contribution in [0.4, 0.5) is 11.8 Å². The Morgan fingerprint density at radius 3 is 3.00 bits per heavy atom. The molecule has 7 nitrogen and oxygen atoms in total. The molecule has 0 radical (unpaired) electrons. The molecule has 108 valence electrons. The Morgan fingerprint density at radius 1 is 1.35 bits per heavy atom. The number of nitrogens with one attached hydrogen (secondary N) is 3. The number of aliphatic hydroxyl groups is 1. The highest BCUT2D eigenvalue weighted by Gasteiger charge is 2.24. The van der Waals surface area contributed by atoms with Crippen molar-refractivity contribution in [2.45, 2.75) is 44.8 Å². The van der Waals surface area contributed by atoms with Crippen LogP contribution in [0.15, 0.2) is 6.20 Å². The summed E-state index contributed by atoms with van der Waals surface area (Å²) in [7, 11) is 0. The number of hydrogen-bond donors (Lipinski definition) is 4. The molecule has 0 bridgehead atoms. The third-order valence-electron chi connectivity index (χ3n) is 3.70. The largest absolute Gasteiger partial charge is 0.391 e. The zero-order valence-corrected chi connectivity index (χ0v) is 11.6. The van der Waals surface area contributed by atoms with Crippen LogP contribution in [0.5, 0.6) is 0 Å². The summed E-state index contributed by atoms with van der Waals surface area (Å²) in [5.41, 5.74) is 0.698. The molecule has 0 spiro atoms. The number of hydrogen-bond acceptors (Lipinski definition) is 6. The zero-order chi connectivity index (χ0) is 13.9. The summed E-state index contributed by atoms with van der Waals surface area (Å²) in [6, 6.07) is 0.0474. The maximum atomic E-state index is 10.1. The molecule has 2 atom stereocenters. The van der Waals surface area contributed by atoms with Crippen molar-refractivity contribution >= 4 is 22.8 Å². The van der Waals surface area contributed by atoms with Gasteiger partial charge in [-0.1, -0.05) is 12.8 Å². The summed E-state index contributed by atoms with van der Waals surface area (Å²) in [6.45, 7) is 2.75. The molecule has 3 rings (SSSR count). The van der Waals surface area contributed by atoms with Crippen LogP contribution >= 0.6 is 0 Å². The van der Waals surface area contributed by atoms with Crippen LogP contribution in [0.1, 0.15) is 32.6 Å². The molecule has 1 aliphatic carbocycles. The summed E-state index contributed by atoms with van der Waals surface area (Å²) in [6.07, 6.45) is 5.42. The molecule has 7 heteroatoms. The van der Waals surface area contributed by atoms with E-state index in [4.69, 9.17) is 0 Å². The van der Waals surface area contributed by atoms with Gasteiger partial charge in [-0.2, -0.15) is 15.1 Å². The van der Waals surface area contributed by atoms with Gasteiger partial charge in [0, 0.05) is 6.54 Å². The fraction of sp³-hybridized carbons (Fsp3) is 0.615. The summed E-state index contributed by atoms with van der Waals surface area (Å²) in [5.74, 6) is 1.29. The van der Waals surface area contributed by atoms with Gasteiger partial charge in [0.1, 0.15) is 5.82 Å². The highest BCUT2D eigenvalue weighted by molar-refractivity contribution is 5.87. The van der Waals surface area contributed by atoms with Gasteiger partial charge in [0.25, 0.3) is 0 Å². The van der Waals surface area contributed by atoms with Gasteiger partial charge in [-0.3, -0.25) is 5.10 Å². The normalized spacial score (nSPS) is 22.9. The number of H-pyrrole nitrogens is 1. The van der Waals surface area contributed by atoms with Crippen LogP contribution in [0, 0.1) is 0 Å². The van der Waals surface area contributed by atoms with Crippen LogP contribution in [0.3, 0.4) is 0 Å². The van der Waals surface area contributed by atoms with Gasteiger partial charge in [-0.05, 0) is 19.8 Å². The quantitative estimate of drug-likeness (QED) is 0.675. The van der Waals surface area contributed by atoms with E-state index < -0.39 is 0 Å². The molecule has 2 aromatic heterocycles. The van der Waals surface area contributed by atoms with Crippen molar-refractivity contribution in [1.82, 2.24) is 20.2 Å². The molecule has 1 aliphatic rings. The first-order valence-corrected chi connectivity index (χ1v) is 7.17. The van der Waals surface area contributed by atoms with Crippen LogP contribution in [0.25, 0.3) is 11.0 Å². The zero-order valence-electron chi connectivity index (χ0n) is 11.6. The second-order valence-corrected chi connectivity index (χ2v) is 5.16. The second kappa shape index (κ2) is 5.62. The molecule has 0 aliphatic heterocycles. The molecule has 2 unspecified atom stereocenters. The lowest BCUT2D eigenvalue weighted by atomic mass is 9.92. The maximum Gasteiger partial charge on any atom is 0.226 e. The van der Waals surface area contributed by atoms with E-state index in [0.717, 1.165) is 43.4 Å². The Bertz CT molecular complexity index is 583. The van der Waals surface area contributed by atoms with E-state index in [1.807, 2.05) is 6.92 Å². The molecule has 0 amide bonds. The Balaban J connectivity index is 1.90. The Hall–Kier alpha value is -1.89. The van der Waals surface area contributed by atoms with Gasteiger partial charge in [0.2, 0.25) is 5.95 Å². The SMILES string of the molecule is CCNc1nc(NC2CCCCC2O)c2cn[nH]c2n1. The Labute approximate surface area is 117 Å². The van der Waals surface area contributed by atoms with E-state index in [0.29, 0.717) is 11.6 Å². The predicted molar refractivity (Wildman–Crippen MR) is 77.7 cm³/mol. The highest BCUT2D eigenvalue weighted by Crippen LogP contribution is 2.25. The molecular formula is C13H20N6O. The minimum Gasteiger partial charge on any atom is -0.391 e. The van der Waals surface area contributed by atoms with Gasteiger partial charge < -0.3 is 15.7 Å². The molecule has 1 saturated carbocycles. The summed E-state index contributed by atoms with van der Waals surface area (Å²) in [5, 5.41) is 24.3. The molecular weight excluding hydrogens is 256 g/mol. The van der Waals surface area contributed by atoms with E-state index in [1.54, 1.807) is 6.20 Å². The van der Waals surface area contributed by atoms with Gasteiger partial charge >= 0.3 is 0 Å². The number of anilines is 2. The van der Waals surface area contributed by atoms with Gasteiger partial charge in [-0.15, -0.1) is 0 Å². The summed E-state index contributed by atoms with van der Waals surface area (Å²) in [4.78, 5) is 8.84. The number of nitrogens with zero attached hydrogens (tertiary/aromatic N) is 3. The van der Waals surface area contributed by atoms with Gasteiger partial charge in [-0.25, -0.2) is 0 Å². The Kier molecular flexibility index (Phi) is 3.68. The molecule has 1 fully saturated rings. The number of aromatic nitrogens is 4. The van der Waals surface area contributed by atoms with E-state index in [-0.39, 0.29) is 12.1 Å². The van der Waals surface area contributed by atoms with Crippen LogP contribution in [-0.2, 0) is 0 Å². The molecule has 4 N–H and O–H groups in total. The van der Waals surface area contributed by atoms with Gasteiger partial charge in [0.15, 0.2) is 5.65 Å². The lowest BCUT2D eigenvalue weighted by Gasteiger charge is -2.28. The van der Waals surface area contributed by atoms with Crippen molar-refractivity contribution in [1.29, 1.82) is 0 Å². The first kappa shape index (κ1) is 13.1. The topological polar surface area (TPSA) is 98.8 Å². The number of aromatic amines is 1. The van der Waals surface area contributed by atoms with Crippen LogP contribution in [-0.4, -0.2) is 44.0 Å². The summed E-state index contributed by atoms with van der Waals surface area (Å²) >= 11 is 0. The third kappa shape index (κ3) is 2.53. The second-order valence-electron chi connectivity index (χ2n) is 5.16. The fourth-order valence-electron chi connectivity index (χ4n) is 2.64. The van der Waals surface area contributed by atoms with Crippen molar-refractivity contribution in [2.24, 2.45) is 0 Å². The third-order valence-corrected chi connectivity index (χ3v) is 3.70. The minimum atomic E-state index is -0.316. The monoisotopic (exact) mass is 276 g/mol. The average molecular weight is 276 g/mol. The number of aliphatic hydroxyl groups excluding tert-OH is 1. The number of fused-ring (bicyclic) bond motifs is 1. The van der Waals surface area contributed by atoms with E-state index in [1.165, 1.54) is 0 Å². The lowest BCUT2D eigenvalue weighted by molar-refractivity contribution is 0.116. The van der Waals surface area contributed by atoms with Crippen LogP contribution < -0.4 is 10.6 Å². The molecule has 2 heterocycles. The van der Waals surface area contributed by atoms with Crippen molar-refractivity contribution in [2.75, 3.05) is 17.2 Å². The molecule has 0 saturated heterocycles. The minimum absolute atomic E-state index is 0.0474. The average Bonchev–Trinajstić information content (AvgIpc) is 2.90. The molecule has 20 heavy (non-hydrogen) atoms. The van der Waals surface area contributed by atoms with Crippen LogP contribution in [0.2, 0.25) is 0 Å². The Morgan fingerprint density at radius 2 is 2.20 bits per heavy atom. The van der Waals surface area contributed by atoms with Gasteiger partial charge in [0.05, 0.1) is 23.7 Å². The smallest absolute Gasteiger partial charge is 0.226 e. The lowest BCUT2D eigenvalue weighted by Crippen LogP contribution is -2.36. The number of rotatable bonds is 4. The molecule has 2 aromatic rings. The van der Waals surface area contributed by atoms with Crippen molar-refractivity contribution in [3.8, 4) is 0 Å². The van der Waals surface area contributed by atoms with Crippen molar-refractivity contribution in [3.63, 3.8) is 0 Å². The van der Waals surface area contributed by atoms with E-state index in [9.17, 15) is 5.11 Å². The standard InChI is InChI=1S/C13H20N6O/c1-2-14-13-17-11(8-7-15-19-12(8)18-13)16-9-5-3-4-6-10(9)20/h7,9-10,20H,2-6H2,1H3,(H3,14,15,16,17,18,19). The summed E-state index contributed by atoms with van der Waals surface area (Å²) < 4.78 is 0. The molecule has 0 aromatic carbocycles. The predicted octanol–water partition coefficient (Wildman–Crippen LogP) is 1.50.